The lowest BCUT2D eigenvalue weighted by Crippen LogP contribution is -2.50. The number of carbonyl (C=O) groups is 2. The van der Waals surface area contributed by atoms with Crippen LogP contribution in [-0.2, 0) is 28.9 Å². The monoisotopic (exact) mass is 914 g/mol. The van der Waals surface area contributed by atoms with Gasteiger partial charge in [-0.3, -0.25) is 4.79 Å². The Kier molecular flexibility index (Phi) is 17.4. The highest BCUT2D eigenvalue weighted by Gasteiger charge is 2.45. The van der Waals surface area contributed by atoms with Crippen molar-refractivity contribution in [3.05, 3.63) is 155 Å². The van der Waals surface area contributed by atoms with Crippen LogP contribution in [0.3, 0.4) is 0 Å². The van der Waals surface area contributed by atoms with Crippen LogP contribution in [0.1, 0.15) is 81.7 Å². The SMILES string of the molecule is COc1ccc(C(OCC(C)(C)[C@@H](OP(OCCC#N)N(C(C)C)C(C)C)C(=O)NCCNC(=O)OCC2c3ccccc3-c3ccccc32)(c2ccccc2)c2ccc(OC)cc2)cc1. The Bertz CT molecular complexity index is 2290. The highest BCUT2D eigenvalue weighted by Crippen LogP contribution is 2.51. The van der Waals surface area contributed by atoms with E-state index in [0.29, 0.717) is 11.5 Å². The molecule has 6 rings (SSSR count). The molecule has 0 saturated heterocycles. The van der Waals surface area contributed by atoms with E-state index in [1.165, 1.54) is 0 Å². The predicted molar refractivity (Wildman–Crippen MR) is 258 cm³/mol. The van der Waals surface area contributed by atoms with Crippen LogP contribution in [0, 0.1) is 16.7 Å². The summed E-state index contributed by atoms with van der Waals surface area (Å²) in [6.07, 6.45) is -1.55. The van der Waals surface area contributed by atoms with Gasteiger partial charge in [0.05, 0.1) is 39.9 Å². The Morgan fingerprint density at radius 3 is 1.73 bits per heavy atom. The number of rotatable bonds is 23. The third-order valence-corrected chi connectivity index (χ3v) is 13.8. The fraction of sp³-hybridized carbons (Fsp3) is 0.377. The quantitative estimate of drug-likeness (QED) is 0.0370. The second-order valence-electron chi connectivity index (χ2n) is 17.4. The molecule has 0 aliphatic heterocycles. The fourth-order valence-electron chi connectivity index (χ4n) is 8.47. The summed E-state index contributed by atoms with van der Waals surface area (Å²) in [6.45, 7) is 12.6. The summed E-state index contributed by atoms with van der Waals surface area (Å²) < 4.78 is 39.5. The number of nitrogens with zero attached hydrogens (tertiary/aromatic N) is 2. The average Bonchev–Trinajstić information content (AvgIpc) is 3.65. The third kappa shape index (κ3) is 11.6. The molecule has 1 unspecified atom stereocenters. The van der Waals surface area contributed by atoms with Gasteiger partial charge in [0.1, 0.15) is 23.7 Å². The minimum Gasteiger partial charge on any atom is -0.497 e. The summed E-state index contributed by atoms with van der Waals surface area (Å²) in [7, 11) is 1.40. The van der Waals surface area contributed by atoms with Crippen LogP contribution in [-0.4, -0.2) is 82.0 Å². The van der Waals surface area contributed by atoms with Gasteiger partial charge in [0.2, 0.25) is 5.91 Å². The molecule has 12 nitrogen and oxygen atoms in total. The molecular weight excluding hydrogens is 852 g/mol. The lowest BCUT2D eigenvalue weighted by molar-refractivity contribution is -0.139. The zero-order chi connectivity index (χ0) is 47.3. The first-order valence-corrected chi connectivity index (χ1v) is 23.6. The summed E-state index contributed by atoms with van der Waals surface area (Å²) in [5.74, 6) is 0.889. The number of hydrogen-bond acceptors (Lipinski definition) is 10. The minimum atomic E-state index is -1.86. The van der Waals surface area contributed by atoms with Crippen molar-refractivity contribution in [2.45, 2.75) is 77.7 Å². The zero-order valence-corrected chi connectivity index (χ0v) is 40.2. The van der Waals surface area contributed by atoms with Gasteiger partial charge in [-0.15, -0.1) is 0 Å². The van der Waals surface area contributed by atoms with Crippen molar-refractivity contribution < 1.29 is 37.6 Å². The van der Waals surface area contributed by atoms with Crippen molar-refractivity contribution in [2.24, 2.45) is 5.41 Å². The van der Waals surface area contributed by atoms with Crippen LogP contribution < -0.4 is 20.1 Å². The van der Waals surface area contributed by atoms with Crippen molar-refractivity contribution >= 4 is 20.5 Å². The summed E-state index contributed by atoms with van der Waals surface area (Å²) >= 11 is 0. The lowest BCUT2D eigenvalue weighted by Gasteiger charge is -2.43. The van der Waals surface area contributed by atoms with Crippen LogP contribution >= 0.6 is 8.53 Å². The number of ether oxygens (including phenoxy) is 4. The van der Waals surface area contributed by atoms with Crippen molar-refractivity contribution in [3.63, 3.8) is 0 Å². The van der Waals surface area contributed by atoms with Gasteiger partial charge in [0.25, 0.3) is 8.53 Å². The number of hydrogen-bond donors (Lipinski definition) is 2. The van der Waals surface area contributed by atoms with Gasteiger partial charge in [-0.05, 0) is 90.9 Å². The molecule has 2 atom stereocenters. The standard InChI is InChI=1S/C53H63N4O8P/c1-37(2)57(38(3)4)66(64-34-16-31-54)65-49(50(58)55-32-33-56-51(59)62-35-48-46-21-14-12-19-44(46)45-20-13-15-22-47(45)48)52(5,6)36-63-53(39-17-10-9-11-18-39,40-23-27-42(60-7)28-24-40)41-25-29-43(61-8)30-26-41/h9-15,17-30,37-38,48-49H,16,32-36H2,1-8H3,(H,55,58)(H,56,59)/t49-,66?/m0/s1. The van der Waals surface area contributed by atoms with Crippen molar-refractivity contribution in [1.29, 1.82) is 5.26 Å². The van der Waals surface area contributed by atoms with E-state index < -0.39 is 37.6 Å². The Morgan fingerprint density at radius 1 is 0.712 bits per heavy atom. The Balaban J connectivity index is 1.25. The topological polar surface area (TPSA) is 141 Å². The first-order chi connectivity index (χ1) is 31.8. The average molecular weight is 915 g/mol. The molecule has 66 heavy (non-hydrogen) atoms. The third-order valence-electron chi connectivity index (χ3n) is 11.7. The van der Waals surface area contributed by atoms with Gasteiger partial charge in [-0.2, -0.15) is 5.26 Å². The van der Waals surface area contributed by atoms with Crippen LogP contribution in [0.2, 0.25) is 0 Å². The lowest BCUT2D eigenvalue weighted by atomic mass is 9.79. The highest BCUT2D eigenvalue weighted by atomic mass is 31.2. The normalized spacial score (nSPS) is 13.4. The van der Waals surface area contributed by atoms with Crippen LogP contribution in [0.15, 0.2) is 127 Å². The van der Waals surface area contributed by atoms with Crippen molar-refractivity contribution in [3.8, 4) is 28.7 Å². The van der Waals surface area contributed by atoms with Crippen LogP contribution in [0.25, 0.3) is 11.1 Å². The van der Waals surface area contributed by atoms with Gasteiger partial charge >= 0.3 is 6.09 Å². The summed E-state index contributed by atoms with van der Waals surface area (Å²) in [5, 5.41) is 15.3. The largest absolute Gasteiger partial charge is 0.497 e. The predicted octanol–water partition coefficient (Wildman–Crippen LogP) is 10.4. The molecule has 2 N–H and O–H groups in total. The Labute approximate surface area is 391 Å². The number of nitrogens with one attached hydrogen (secondary N) is 2. The molecule has 348 valence electrons. The number of amides is 2. The maximum absolute atomic E-state index is 14.7. The Morgan fingerprint density at radius 2 is 1.21 bits per heavy atom. The highest BCUT2D eigenvalue weighted by molar-refractivity contribution is 7.44. The maximum Gasteiger partial charge on any atom is 0.407 e. The number of fused-ring (bicyclic) bond motifs is 3. The number of alkyl carbamates (subject to hydrolysis) is 1. The van der Waals surface area contributed by atoms with E-state index >= 15 is 0 Å². The van der Waals surface area contributed by atoms with Crippen LogP contribution in [0.5, 0.6) is 11.5 Å². The molecule has 0 aromatic heterocycles. The molecule has 13 heteroatoms. The molecule has 0 heterocycles. The molecule has 0 spiro atoms. The van der Waals surface area contributed by atoms with E-state index in [0.717, 1.165) is 38.9 Å². The molecule has 0 radical (unpaired) electrons. The second kappa shape index (κ2) is 23.1. The van der Waals surface area contributed by atoms with E-state index in [1.54, 1.807) is 14.2 Å². The van der Waals surface area contributed by atoms with Gasteiger partial charge in [0.15, 0.2) is 6.10 Å². The molecule has 0 bridgehead atoms. The number of carbonyl (C=O) groups excluding carboxylic acids is 2. The molecule has 5 aromatic carbocycles. The van der Waals surface area contributed by atoms with Gasteiger partial charge in [-0.1, -0.05) is 117 Å². The zero-order valence-electron chi connectivity index (χ0n) is 39.3. The van der Waals surface area contributed by atoms with E-state index in [9.17, 15) is 14.9 Å². The minimum absolute atomic E-state index is 0.0152. The summed E-state index contributed by atoms with van der Waals surface area (Å²) in [4.78, 5) is 27.8. The summed E-state index contributed by atoms with van der Waals surface area (Å²) in [6, 6.07) is 44.0. The molecule has 5 aromatic rings. The number of methoxy groups -OCH3 is 2. The number of benzene rings is 5. The van der Waals surface area contributed by atoms with Gasteiger partial charge < -0.3 is 38.6 Å². The first kappa shape index (κ1) is 49.6. The fourth-order valence-corrected chi connectivity index (χ4v) is 10.3. The van der Waals surface area contributed by atoms with Crippen LogP contribution in [0.4, 0.5) is 4.79 Å². The maximum atomic E-state index is 14.7. The van der Waals surface area contributed by atoms with E-state index in [1.807, 2.05) is 145 Å². The molecule has 1 aliphatic rings. The van der Waals surface area contributed by atoms with Crippen molar-refractivity contribution in [1.82, 2.24) is 15.3 Å². The van der Waals surface area contributed by atoms with Gasteiger partial charge in [0, 0.05) is 36.5 Å². The van der Waals surface area contributed by atoms with E-state index in [4.69, 9.17) is 28.0 Å². The number of nitriles is 1. The molecule has 2 amide bonds. The first-order valence-electron chi connectivity index (χ1n) is 22.4. The summed E-state index contributed by atoms with van der Waals surface area (Å²) in [5.41, 5.74) is 4.89. The van der Waals surface area contributed by atoms with Crippen molar-refractivity contribution in [2.75, 3.05) is 47.1 Å². The molecular formula is C53H63N4O8P. The molecule has 0 fully saturated rings. The molecule has 1 aliphatic carbocycles. The van der Waals surface area contributed by atoms with E-state index in [-0.39, 0.29) is 57.3 Å². The second-order valence-corrected chi connectivity index (χ2v) is 18.8. The smallest absolute Gasteiger partial charge is 0.407 e. The Hall–Kier alpha value is -5.80. The van der Waals surface area contributed by atoms with Gasteiger partial charge in [-0.25, -0.2) is 9.46 Å². The van der Waals surface area contributed by atoms with E-state index in [2.05, 4.69) is 45.6 Å². The molecule has 0 saturated carbocycles.